The van der Waals surface area contributed by atoms with Gasteiger partial charge in [-0.1, -0.05) is 15.9 Å². The number of carboxylic acid groups (broad SMARTS) is 1. The van der Waals surface area contributed by atoms with E-state index < -0.39 is 16.0 Å². The van der Waals surface area contributed by atoms with Crippen molar-refractivity contribution < 1.29 is 23.1 Å². The molecule has 1 heterocycles. The predicted octanol–water partition coefficient (Wildman–Crippen LogP) is 3.33. The molecule has 0 unspecified atom stereocenters. The topological polar surface area (TPSA) is 92.7 Å². The third kappa shape index (κ3) is 3.42. The van der Waals surface area contributed by atoms with Crippen molar-refractivity contribution in [1.82, 2.24) is 0 Å². The molecule has 6 nitrogen and oxygen atoms in total. The van der Waals surface area contributed by atoms with Gasteiger partial charge in [-0.3, -0.25) is 4.72 Å². The number of sulfonamides is 1. The molecule has 0 bridgehead atoms. The summed E-state index contributed by atoms with van der Waals surface area (Å²) in [6.07, 6.45) is 0. The van der Waals surface area contributed by atoms with Gasteiger partial charge in [0.2, 0.25) is 0 Å². The Morgan fingerprint density at radius 2 is 2.05 bits per heavy atom. The molecule has 0 radical (unpaired) electrons. The SMILES string of the molecule is COc1ccc(Br)cc1NS(=O)(=O)c1cc(C)c(C(=O)O)s1. The highest BCUT2D eigenvalue weighted by atomic mass is 79.9. The van der Waals surface area contributed by atoms with Crippen molar-refractivity contribution in [1.29, 1.82) is 0 Å². The standard InChI is InChI=1S/C13H12BrNO5S2/c1-7-5-11(21-12(7)13(16)17)22(18,19)15-9-6-8(14)3-4-10(9)20-2/h3-6,15H,1-2H3,(H,16,17). The van der Waals surface area contributed by atoms with Gasteiger partial charge in [0.1, 0.15) is 14.8 Å². The van der Waals surface area contributed by atoms with E-state index in [4.69, 9.17) is 9.84 Å². The van der Waals surface area contributed by atoms with Crippen molar-refractivity contribution >= 4 is 48.9 Å². The van der Waals surface area contributed by atoms with Gasteiger partial charge >= 0.3 is 5.97 Å². The first-order valence-corrected chi connectivity index (χ1v) is 9.04. The van der Waals surface area contributed by atoms with Gasteiger partial charge in [0.15, 0.2) is 0 Å². The van der Waals surface area contributed by atoms with Crippen LogP contribution in [0.4, 0.5) is 5.69 Å². The number of halogens is 1. The summed E-state index contributed by atoms with van der Waals surface area (Å²) in [6.45, 7) is 1.55. The first-order chi connectivity index (χ1) is 10.2. The lowest BCUT2D eigenvalue weighted by Crippen LogP contribution is -2.12. The van der Waals surface area contributed by atoms with Crippen LogP contribution in [0.5, 0.6) is 5.75 Å². The van der Waals surface area contributed by atoms with Crippen LogP contribution in [0.3, 0.4) is 0 Å². The highest BCUT2D eigenvalue weighted by Gasteiger charge is 2.23. The number of aryl methyl sites for hydroxylation is 1. The van der Waals surface area contributed by atoms with Crippen molar-refractivity contribution in [3.63, 3.8) is 0 Å². The number of carboxylic acids is 1. The second-order valence-electron chi connectivity index (χ2n) is 4.33. The van der Waals surface area contributed by atoms with Gasteiger partial charge < -0.3 is 9.84 Å². The maximum atomic E-state index is 12.4. The summed E-state index contributed by atoms with van der Waals surface area (Å²) in [5.74, 6) is -0.789. The van der Waals surface area contributed by atoms with Gasteiger partial charge in [0, 0.05) is 4.47 Å². The number of rotatable bonds is 5. The van der Waals surface area contributed by atoms with Crippen molar-refractivity contribution in [2.45, 2.75) is 11.1 Å². The van der Waals surface area contributed by atoms with Crippen LogP contribution in [-0.2, 0) is 10.0 Å². The maximum Gasteiger partial charge on any atom is 0.346 e. The number of thiophene rings is 1. The summed E-state index contributed by atoms with van der Waals surface area (Å²) in [4.78, 5) is 11.0. The molecule has 2 N–H and O–H groups in total. The Morgan fingerprint density at radius 1 is 1.36 bits per heavy atom. The molecule has 1 aromatic carbocycles. The zero-order valence-corrected chi connectivity index (χ0v) is 14.8. The molecular formula is C13H12BrNO5S2. The Kier molecular flexibility index (Phi) is 4.78. The van der Waals surface area contributed by atoms with Gasteiger partial charge in [-0.15, -0.1) is 11.3 Å². The molecule has 0 aliphatic heterocycles. The number of aromatic carboxylic acids is 1. The number of ether oxygens (including phenoxy) is 1. The molecule has 2 rings (SSSR count). The molecule has 0 saturated heterocycles. The monoisotopic (exact) mass is 405 g/mol. The fourth-order valence-corrected chi connectivity index (χ4v) is 4.55. The van der Waals surface area contributed by atoms with Crippen LogP contribution in [0.25, 0.3) is 0 Å². The third-order valence-corrected chi connectivity index (χ3v) is 6.32. The van der Waals surface area contributed by atoms with Gasteiger partial charge in [-0.25, -0.2) is 13.2 Å². The van der Waals surface area contributed by atoms with Gasteiger partial charge in [-0.05, 0) is 36.8 Å². The molecule has 0 aliphatic rings. The van der Waals surface area contributed by atoms with E-state index in [2.05, 4.69) is 20.7 Å². The normalized spacial score (nSPS) is 11.2. The minimum absolute atomic E-state index is 0.00147. The number of hydrogen-bond acceptors (Lipinski definition) is 5. The van der Waals surface area contributed by atoms with E-state index in [-0.39, 0.29) is 14.8 Å². The van der Waals surface area contributed by atoms with Crippen molar-refractivity contribution in [2.75, 3.05) is 11.8 Å². The van der Waals surface area contributed by atoms with Crippen LogP contribution < -0.4 is 9.46 Å². The van der Waals surface area contributed by atoms with E-state index in [9.17, 15) is 13.2 Å². The number of hydrogen-bond donors (Lipinski definition) is 2. The van der Waals surface area contributed by atoms with Gasteiger partial charge in [-0.2, -0.15) is 0 Å². The van der Waals surface area contributed by atoms with E-state index in [1.807, 2.05) is 0 Å². The molecule has 118 valence electrons. The van der Waals surface area contributed by atoms with E-state index in [1.165, 1.54) is 13.2 Å². The fraction of sp³-hybridized carbons (Fsp3) is 0.154. The molecule has 0 amide bonds. The summed E-state index contributed by atoms with van der Waals surface area (Å²) >= 11 is 3.97. The molecule has 0 saturated carbocycles. The quantitative estimate of drug-likeness (QED) is 0.795. The highest BCUT2D eigenvalue weighted by molar-refractivity contribution is 9.10. The first-order valence-electron chi connectivity index (χ1n) is 5.94. The van der Waals surface area contributed by atoms with Crippen LogP contribution in [-0.4, -0.2) is 26.6 Å². The summed E-state index contributed by atoms with van der Waals surface area (Å²) in [5, 5.41) is 9.02. The number of nitrogens with one attached hydrogen (secondary N) is 1. The molecule has 0 aliphatic carbocycles. The molecule has 0 atom stereocenters. The second-order valence-corrected chi connectivity index (χ2v) is 8.21. The molecule has 2 aromatic rings. The molecule has 0 spiro atoms. The molecule has 0 fully saturated rings. The average Bonchev–Trinajstić information content (AvgIpc) is 2.82. The summed E-state index contributed by atoms with van der Waals surface area (Å²) in [6, 6.07) is 6.23. The van der Waals surface area contributed by atoms with E-state index >= 15 is 0 Å². The smallest absolute Gasteiger partial charge is 0.346 e. The van der Waals surface area contributed by atoms with E-state index in [0.29, 0.717) is 27.1 Å². The van der Waals surface area contributed by atoms with Crippen LogP contribution in [0, 0.1) is 6.92 Å². The highest BCUT2D eigenvalue weighted by Crippen LogP contribution is 2.32. The number of benzene rings is 1. The summed E-state index contributed by atoms with van der Waals surface area (Å²) < 4.78 is 32.9. The molecule has 1 aromatic heterocycles. The lowest BCUT2D eigenvalue weighted by atomic mass is 10.3. The molecule has 22 heavy (non-hydrogen) atoms. The second kappa shape index (κ2) is 6.27. The van der Waals surface area contributed by atoms with Crippen molar-refractivity contribution in [3.05, 3.63) is 39.2 Å². The summed E-state index contributed by atoms with van der Waals surface area (Å²) in [7, 11) is -2.46. The van der Waals surface area contributed by atoms with Gasteiger partial charge in [0.05, 0.1) is 12.8 Å². The minimum Gasteiger partial charge on any atom is -0.495 e. The number of anilines is 1. The predicted molar refractivity (Wildman–Crippen MR) is 87.5 cm³/mol. The lowest BCUT2D eigenvalue weighted by Gasteiger charge is -2.11. The maximum absolute atomic E-state index is 12.4. The Labute approximate surface area is 139 Å². The van der Waals surface area contributed by atoms with E-state index in [1.54, 1.807) is 25.1 Å². The average molecular weight is 406 g/mol. The Hall–Kier alpha value is -1.58. The van der Waals surface area contributed by atoms with Crippen LogP contribution >= 0.6 is 27.3 Å². The van der Waals surface area contributed by atoms with Crippen LogP contribution in [0.2, 0.25) is 0 Å². The Balaban J connectivity index is 2.42. The lowest BCUT2D eigenvalue weighted by molar-refractivity contribution is 0.0701. The zero-order chi connectivity index (χ0) is 16.5. The van der Waals surface area contributed by atoms with Crippen LogP contribution in [0.15, 0.2) is 32.9 Å². The molecule has 9 heteroatoms. The van der Waals surface area contributed by atoms with Crippen LogP contribution in [0.1, 0.15) is 15.2 Å². The van der Waals surface area contributed by atoms with Crippen molar-refractivity contribution in [3.8, 4) is 5.75 Å². The van der Waals surface area contributed by atoms with E-state index in [0.717, 1.165) is 0 Å². The Morgan fingerprint density at radius 3 is 2.59 bits per heavy atom. The first kappa shape index (κ1) is 16.8. The summed E-state index contributed by atoms with van der Waals surface area (Å²) in [5.41, 5.74) is 0.666. The fourth-order valence-electron chi connectivity index (χ4n) is 1.75. The third-order valence-electron chi connectivity index (χ3n) is 2.76. The largest absolute Gasteiger partial charge is 0.495 e. The number of carbonyl (C=O) groups is 1. The van der Waals surface area contributed by atoms with Crippen molar-refractivity contribution in [2.24, 2.45) is 0 Å². The zero-order valence-electron chi connectivity index (χ0n) is 11.6. The Bertz CT molecular complexity index is 829. The minimum atomic E-state index is -3.89. The van der Waals surface area contributed by atoms with Gasteiger partial charge in [0.25, 0.3) is 10.0 Å². The number of methoxy groups -OCH3 is 1. The molecular weight excluding hydrogens is 394 g/mol.